The Hall–Kier alpha value is -0.690. The Kier molecular flexibility index (Phi) is 4.88. The maximum atomic E-state index is 12.1. The highest BCUT2D eigenvalue weighted by molar-refractivity contribution is 7.89. The van der Waals surface area contributed by atoms with Crippen molar-refractivity contribution in [1.82, 2.24) is 9.29 Å². The first-order chi connectivity index (χ1) is 7.89. The zero-order valence-corrected chi connectivity index (χ0v) is 11.5. The van der Waals surface area contributed by atoms with Crippen LogP contribution in [0.15, 0.2) is 23.2 Å². The lowest BCUT2D eigenvalue weighted by Crippen LogP contribution is -2.37. The minimum absolute atomic E-state index is 0.118. The predicted octanol–water partition coefficient (Wildman–Crippen LogP) is 1.39. The fourth-order valence-electron chi connectivity index (χ4n) is 1.26. The van der Waals surface area contributed by atoms with Gasteiger partial charge < -0.3 is 4.74 Å². The van der Waals surface area contributed by atoms with Gasteiger partial charge in [0, 0.05) is 26.4 Å². The molecule has 0 bridgehead atoms. The molecule has 0 amide bonds. The average Bonchev–Trinajstić information content (AvgIpc) is 2.29. The van der Waals surface area contributed by atoms with Crippen molar-refractivity contribution in [2.24, 2.45) is 0 Å². The van der Waals surface area contributed by atoms with E-state index >= 15 is 0 Å². The van der Waals surface area contributed by atoms with Gasteiger partial charge in [-0.3, -0.25) is 0 Å². The highest BCUT2D eigenvalue weighted by Crippen LogP contribution is 2.17. The van der Waals surface area contributed by atoms with Gasteiger partial charge in [0.25, 0.3) is 0 Å². The van der Waals surface area contributed by atoms with Crippen molar-refractivity contribution in [2.45, 2.75) is 17.9 Å². The number of hydrogen-bond donors (Lipinski definition) is 0. The number of aromatic nitrogens is 1. The van der Waals surface area contributed by atoms with E-state index in [0.717, 1.165) is 0 Å². The summed E-state index contributed by atoms with van der Waals surface area (Å²) in [5.74, 6) is 0. The number of halogens is 1. The van der Waals surface area contributed by atoms with Crippen molar-refractivity contribution in [3.63, 3.8) is 0 Å². The molecule has 0 fully saturated rings. The molecule has 96 valence electrons. The molecule has 0 radical (unpaired) electrons. The smallest absolute Gasteiger partial charge is 0.244 e. The molecule has 0 N–H and O–H groups in total. The van der Waals surface area contributed by atoms with Crippen molar-refractivity contribution in [2.75, 3.05) is 20.8 Å². The molecule has 0 aromatic carbocycles. The minimum Gasteiger partial charge on any atom is -0.383 e. The molecule has 0 saturated heterocycles. The van der Waals surface area contributed by atoms with Crippen LogP contribution in [0.1, 0.15) is 6.92 Å². The maximum Gasteiger partial charge on any atom is 0.244 e. The van der Waals surface area contributed by atoms with Gasteiger partial charge in [0.05, 0.1) is 6.61 Å². The monoisotopic (exact) mass is 278 g/mol. The van der Waals surface area contributed by atoms with Crippen molar-refractivity contribution in [3.05, 3.63) is 23.5 Å². The second-order valence-electron chi connectivity index (χ2n) is 3.64. The molecule has 0 spiro atoms. The van der Waals surface area contributed by atoms with Gasteiger partial charge in [-0.05, 0) is 19.1 Å². The summed E-state index contributed by atoms with van der Waals surface area (Å²) in [5.41, 5.74) is 0. The molecule has 1 aromatic rings. The first-order valence-corrected chi connectivity index (χ1v) is 6.80. The Morgan fingerprint density at radius 1 is 1.53 bits per heavy atom. The Bertz CT molecular complexity index is 461. The van der Waals surface area contributed by atoms with E-state index in [0.29, 0.717) is 6.61 Å². The average molecular weight is 279 g/mol. The number of pyridine rings is 1. The van der Waals surface area contributed by atoms with Crippen molar-refractivity contribution in [1.29, 1.82) is 0 Å². The maximum absolute atomic E-state index is 12.1. The summed E-state index contributed by atoms with van der Waals surface area (Å²) in [6.07, 6.45) is 1.24. The predicted molar refractivity (Wildman–Crippen MR) is 65.5 cm³/mol. The van der Waals surface area contributed by atoms with Crippen LogP contribution in [-0.4, -0.2) is 44.5 Å². The molecule has 0 saturated carbocycles. The number of rotatable bonds is 5. The fraction of sp³-hybridized carbons (Fsp3) is 0.500. The molecule has 5 nitrogen and oxygen atoms in total. The molecule has 0 aliphatic heterocycles. The van der Waals surface area contributed by atoms with Crippen LogP contribution in [0.5, 0.6) is 0 Å². The first kappa shape index (κ1) is 14.4. The highest BCUT2D eigenvalue weighted by Gasteiger charge is 2.25. The van der Waals surface area contributed by atoms with Crippen LogP contribution in [0.3, 0.4) is 0 Å². The third kappa shape index (κ3) is 3.38. The van der Waals surface area contributed by atoms with E-state index in [1.165, 1.54) is 36.8 Å². The molecule has 0 aliphatic carbocycles. The van der Waals surface area contributed by atoms with Gasteiger partial charge in [-0.25, -0.2) is 13.4 Å². The molecular formula is C10H15ClN2O3S. The Morgan fingerprint density at radius 3 is 2.65 bits per heavy atom. The fourth-order valence-corrected chi connectivity index (χ4v) is 2.67. The van der Waals surface area contributed by atoms with Gasteiger partial charge in [0.1, 0.15) is 10.0 Å². The zero-order chi connectivity index (χ0) is 13.1. The van der Waals surface area contributed by atoms with E-state index < -0.39 is 10.0 Å². The third-order valence-corrected chi connectivity index (χ3v) is 4.58. The first-order valence-electron chi connectivity index (χ1n) is 4.98. The molecule has 0 aliphatic rings. The Labute approximate surface area is 106 Å². The third-order valence-electron chi connectivity index (χ3n) is 2.41. The molecule has 1 rings (SSSR count). The summed E-state index contributed by atoms with van der Waals surface area (Å²) in [4.78, 5) is 3.88. The van der Waals surface area contributed by atoms with Crippen molar-refractivity contribution in [3.8, 4) is 0 Å². The highest BCUT2D eigenvalue weighted by atomic mass is 35.5. The van der Waals surface area contributed by atoms with Crippen LogP contribution in [-0.2, 0) is 14.8 Å². The largest absolute Gasteiger partial charge is 0.383 e. The van der Waals surface area contributed by atoms with Crippen LogP contribution in [0.4, 0.5) is 0 Å². The van der Waals surface area contributed by atoms with Gasteiger partial charge in [0.2, 0.25) is 10.0 Å². The van der Waals surface area contributed by atoms with Gasteiger partial charge in [-0.15, -0.1) is 0 Å². The van der Waals surface area contributed by atoms with Crippen LogP contribution < -0.4 is 0 Å². The van der Waals surface area contributed by atoms with Gasteiger partial charge in [-0.2, -0.15) is 4.31 Å². The van der Waals surface area contributed by atoms with Gasteiger partial charge in [0.15, 0.2) is 0 Å². The summed E-state index contributed by atoms with van der Waals surface area (Å²) >= 11 is 5.61. The molecule has 1 heterocycles. The summed E-state index contributed by atoms with van der Waals surface area (Å²) in [6, 6.07) is 2.63. The Balaban J connectivity index is 2.98. The summed E-state index contributed by atoms with van der Waals surface area (Å²) in [6.45, 7) is 2.10. The van der Waals surface area contributed by atoms with E-state index in [9.17, 15) is 8.42 Å². The molecular weight excluding hydrogens is 264 g/mol. The second kappa shape index (κ2) is 5.77. The number of ether oxygens (including phenoxy) is 1. The van der Waals surface area contributed by atoms with Crippen LogP contribution in [0.2, 0.25) is 5.15 Å². The van der Waals surface area contributed by atoms with E-state index in [-0.39, 0.29) is 16.1 Å². The normalized spacial score (nSPS) is 13.9. The minimum atomic E-state index is -3.54. The number of likely N-dealkylation sites (N-methyl/N-ethyl adjacent to an activating group) is 1. The number of sulfonamides is 1. The lowest BCUT2D eigenvalue weighted by molar-refractivity contribution is 0.149. The molecule has 1 aromatic heterocycles. The van der Waals surface area contributed by atoms with E-state index in [2.05, 4.69) is 4.98 Å². The molecule has 7 heteroatoms. The van der Waals surface area contributed by atoms with Gasteiger partial charge >= 0.3 is 0 Å². The summed E-state index contributed by atoms with van der Waals surface area (Å²) in [7, 11) is -0.509. The standard InChI is InChI=1S/C10H15ClN2O3S/c1-8(7-16-3)13(2)17(14,15)9-4-5-10(11)12-6-9/h4-6,8H,7H2,1-3H3/t8-/m0/s1. The van der Waals surface area contributed by atoms with E-state index in [4.69, 9.17) is 16.3 Å². The number of hydrogen-bond acceptors (Lipinski definition) is 4. The van der Waals surface area contributed by atoms with E-state index in [1.807, 2.05) is 0 Å². The quantitative estimate of drug-likeness (QED) is 0.764. The number of nitrogens with zero attached hydrogens (tertiary/aromatic N) is 2. The van der Waals surface area contributed by atoms with Crippen molar-refractivity contribution >= 4 is 21.6 Å². The Morgan fingerprint density at radius 2 is 2.18 bits per heavy atom. The zero-order valence-electron chi connectivity index (χ0n) is 9.92. The lowest BCUT2D eigenvalue weighted by Gasteiger charge is -2.23. The van der Waals surface area contributed by atoms with Crippen LogP contribution >= 0.6 is 11.6 Å². The van der Waals surface area contributed by atoms with Crippen LogP contribution in [0.25, 0.3) is 0 Å². The molecule has 17 heavy (non-hydrogen) atoms. The van der Waals surface area contributed by atoms with Gasteiger partial charge in [-0.1, -0.05) is 11.6 Å². The second-order valence-corrected chi connectivity index (χ2v) is 6.03. The molecule has 0 unspecified atom stereocenters. The number of methoxy groups -OCH3 is 1. The topological polar surface area (TPSA) is 59.5 Å². The van der Waals surface area contributed by atoms with Crippen molar-refractivity contribution < 1.29 is 13.2 Å². The summed E-state index contributed by atoms with van der Waals surface area (Å²) < 4.78 is 30.5. The van der Waals surface area contributed by atoms with Crippen LogP contribution in [0, 0.1) is 0 Å². The van der Waals surface area contributed by atoms with E-state index in [1.54, 1.807) is 6.92 Å². The SMILES string of the molecule is COC[C@H](C)N(C)S(=O)(=O)c1ccc(Cl)nc1. The summed E-state index contributed by atoms with van der Waals surface area (Å²) in [5, 5.41) is 0.261. The molecule has 1 atom stereocenters. The lowest BCUT2D eigenvalue weighted by atomic mass is 10.4.